The Morgan fingerprint density at radius 3 is 2.53 bits per heavy atom. The van der Waals surface area contributed by atoms with Gasteiger partial charge in [0, 0.05) is 0 Å². The van der Waals surface area contributed by atoms with Gasteiger partial charge >= 0.3 is 5.97 Å². The third-order valence-electron chi connectivity index (χ3n) is 4.17. The summed E-state index contributed by atoms with van der Waals surface area (Å²) in [6.07, 6.45) is 4.27. The van der Waals surface area contributed by atoms with Gasteiger partial charge in [0.1, 0.15) is 12.2 Å². The van der Waals surface area contributed by atoms with Crippen molar-refractivity contribution >= 4 is 5.97 Å². The molecule has 1 saturated heterocycles. The predicted octanol–water partition coefficient (Wildman–Crippen LogP) is 3.31. The fourth-order valence-corrected chi connectivity index (χ4v) is 2.77. The highest BCUT2D eigenvalue weighted by Gasteiger charge is 2.61. The van der Waals surface area contributed by atoms with Gasteiger partial charge in [0.25, 0.3) is 0 Å². The van der Waals surface area contributed by atoms with Crippen molar-refractivity contribution in [3.05, 3.63) is 35.4 Å². The zero-order chi connectivity index (χ0) is 13.5. The Morgan fingerprint density at radius 1 is 1.26 bits per heavy atom. The molecular weight excluding hydrogens is 240 g/mol. The Morgan fingerprint density at radius 2 is 1.89 bits per heavy atom. The first-order valence-electron chi connectivity index (χ1n) is 7.05. The Bertz CT molecular complexity index is 473. The molecule has 3 rings (SSSR count). The third-order valence-corrected chi connectivity index (χ3v) is 4.17. The second-order valence-electron chi connectivity index (χ2n) is 5.83. The van der Waals surface area contributed by atoms with Crippen LogP contribution < -0.4 is 0 Å². The van der Waals surface area contributed by atoms with Crippen LogP contribution in [0.2, 0.25) is 0 Å². The van der Waals surface area contributed by atoms with Crippen LogP contribution in [0.25, 0.3) is 0 Å². The first-order chi connectivity index (χ1) is 9.09. The fourth-order valence-electron chi connectivity index (χ4n) is 2.77. The molecule has 1 heterocycles. The molecule has 2 atom stereocenters. The quantitative estimate of drug-likeness (QED) is 0.618. The zero-order valence-corrected chi connectivity index (χ0v) is 11.5. The van der Waals surface area contributed by atoms with Gasteiger partial charge in [0.15, 0.2) is 5.60 Å². The lowest BCUT2D eigenvalue weighted by molar-refractivity contribution is -0.154. The molecule has 0 aromatic heterocycles. The lowest BCUT2D eigenvalue weighted by atomic mass is 10.0. The summed E-state index contributed by atoms with van der Waals surface area (Å²) in [5.74, 6) is -0.204. The molecule has 0 spiro atoms. The van der Waals surface area contributed by atoms with Gasteiger partial charge in [-0.05, 0) is 45.1 Å². The second kappa shape index (κ2) is 4.64. The number of ether oxygens (including phenoxy) is 2. The minimum absolute atomic E-state index is 0.104. The molecule has 3 heteroatoms. The van der Waals surface area contributed by atoms with Crippen molar-refractivity contribution in [1.82, 2.24) is 0 Å². The van der Waals surface area contributed by atoms with E-state index in [0.717, 1.165) is 31.2 Å². The lowest BCUT2D eigenvalue weighted by Gasteiger charge is -2.13. The van der Waals surface area contributed by atoms with E-state index in [4.69, 9.17) is 9.47 Å². The summed E-state index contributed by atoms with van der Waals surface area (Å²) in [6.45, 7) is 3.87. The molecule has 0 bridgehead atoms. The largest absolute Gasteiger partial charge is 0.460 e. The number of carbonyl (C=O) groups is 1. The molecule has 1 aromatic rings. The topological polar surface area (TPSA) is 38.8 Å². The van der Waals surface area contributed by atoms with Crippen LogP contribution in [0.3, 0.4) is 0 Å². The molecule has 1 saturated carbocycles. The molecule has 1 aliphatic carbocycles. The van der Waals surface area contributed by atoms with Crippen LogP contribution in [-0.4, -0.2) is 17.7 Å². The summed E-state index contributed by atoms with van der Waals surface area (Å²) in [7, 11) is 0. The maximum absolute atomic E-state index is 12.2. The summed E-state index contributed by atoms with van der Waals surface area (Å²) in [5.41, 5.74) is 1.48. The van der Waals surface area contributed by atoms with Gasteiger partial charge < -0.3 is 9.47 Å². The summed E-state index contributed by atoms with van der Waals surface area (Å²) in [4.78, 5) is 12.2. The highest BCUT2D eigenvalue weighted by atomic mass is 16.7. The van der Waals surface area contributed by atoms with Crippen molar-refractivity contribution in [3.63, 3.8) is 0 Å². The first kappa shape index (κ1) is 12.7. The van der Waals surface area contributed by atoms with Crippen LogP contribution in [0.5, 0.6) is 0 Å². The number of hydrogen-bond donors (Lipinski definition) is 0. The zero-order valence-electron chi connectivity index (χ0n) is 11.5. The van der Waals surface area contributed by atoms with Crippen LogP contribution in [0, 0.1) is 6.92 Å². The number of carbonyl (C=O) groups excluding carboxylic acids is 1. The fraction of sp³-hybridized carbons (Fsp3) is 0.562. The maximum Gasteiger partial charge on any atom is 0.341 e. The van der Waals surface area contributed by atoms with E-state index in [2.05, 4.69) is 0 Å². The van der Waals surface area contributed by atoms with Gasteiger partial charge in [0.05, 0.1) is 0 Å². The van der Waals surface area contributed by atoms with E-state index in [0.29, 0.717) is 0 Å². The SMILES string of the molecule is Cc1ccc(C2OC2(C)C(=O)OC2CCCC2)cc1. The van der Waals surface area contributed by atoms with E-state index in [1.54, 1.807) is 0 Å². The number of esters is 1. The van der Waals surface area contributed by atoms with E-state index >= 15 is 0 Å². The number of rotatable bonds is 3. The highest BCUT2D eigenvalue weighted by molar-refractivity contribution is 5.83. The van der Waals surface area contributed by atoms with Crippen molar-refractivity contribution in [2.45, 2.75) is 57.3 Å². The number of hydrogen-bond acceptors (Lipinski definition) is 3. The van der Waals surface area contributed by atoms with Crippen molar-refractivity contribution in [1.29, 1.82) is 0 Å². The van der Waals surface area contributed by atoms with Gasteiger partial charge in [-0.3, -0.25) is 0 Å². The van der Waals surface area contributed by atoms with Gasteiger partial charge in [0.2, 0.25) is 0 Å². The summed E-state index contributed by atoms with van der Waals surface area (Å²) < 4.78 is 11.2. The molecule has 1 aliphatic heterocycles. The number of aryl methyl sites for hydroxylation is 1. The van der Waals surface area contributed by atoms with Crippen LogP contribution in [0.4, 0.5) is 0 Å². The molecule has 19 heavy (non-hydrogen) atoms. The minimum atomic E-state index is -0.780. The standard InChI is InChI=1S/C16H20O3/c1-11-7-9-12(10-8-11)14-16(2,19-14)15(17)18-13-5-3-4-6-13/h7-10,13-14H,3-6H2,1-2H3. The van der Waals surface area contributed by atoms with E-state index in [-0.39, 0.29) is 18.2 Å². The van der Waals surface area contributed by atoms with Crippen molar-refractivity contribution in [3.8, 4) is 0 Å². The Hall–Kier alpha value is -1.35. The molecule has 0 amide bonds. The third kappa shape index (κ3) is 2.39. The van der Waals surface area contributed by atoms with Crippen LogP contribution >= 0.6 is 0 Å². The number of epoxide rings is 1. The average Bonchev–Trinajstić information content (AvgIpc) is 2.85. The molecular formula is C16H20O3. The van der Waals surface area contributed by atoms with E-state index in [9.17, 15) is 4.79 Å². The normalized spacial score (nSPS) is 30.3. The molecule has 102 valence electrons. The molecule has 2 unspecified atom stereocenters. The highest BCUT2D eigenvalue weighted by Crippen LogP contribution is 2.50. The maximum atomic E-state index is 12.2. The van der Waals surface area contributed by atoms with E-state index < -0.39 is 5.60 Å². The first-order valence-corrected chi connectivity index (χ1v) is 7.05. The van der Waals surface area contributed by atoms with Crippen molar-refractivity contribution in [2.24, 2.45) is 0 Å². The van der Waals surface area contributed by atoms with Crippen molar-refractivity contribution in [2.75, 3.05) is 0 Å². The molecule has 2 aliphatic rings. The van der Waals surface area contributed by atoms with Gasteiger partial charge in [-0.2, -0.15) is 0 Å². The van der Waals surface area contributed by atoms with Crippen LogP contribution in [0.1, 0.15) is 49.8 Å². The number of benzene rings is 1. The Kier molecular flexibility index (Phi) is 3.09. The van der Waals surface area contributed by atoms with Crippen molar-refractivity contribution < 1.29 is 14.3 Å². The molecule has 2 fully saturated rings. The Labute approximate surface area is 113 Å². The smallest absolute Gasteiger partial charge is 0.341 e. The summed E-state index contributed by atoms with van der Waals surface area (Å²) in [6, 6.07) is 8.13. The van der Waals surface area contributed by atoms with Crippen LogP contribution in [0.15, 0.2) is 24.3 Å². The molecule has 0 N–H and O–H groups in total. The second-order valence-corrected chi connectivity index (χ2v) is 5.83. The van der Waals surface area contributed by atoms with E-state index in [1.165, 1.54) is 5.56 Å². The monoisotopic (exact) mass is 260 g/mol. The minimum Gasteiger partial charge on any atom is -0.460 e. The summed E-state index contributed by atoms with van der Waals surface area (Å²) >= 11 is 0. The molecule has 3 nitrogen and oxygen atoms in total. The Balaban J connectivity index is 1.65. The van der Waals surface area contributed by atoms with Gasteiger partial charge in [-0.1, -0.05) is 29.8 Å². The predicted molar refractivity (Wildman–Crippen MR) is 71.8 cm³/mol. The van der Waals surface area contributed by atoms with Gasteiger partial charge in [-0.15, -0.1) is 0 Å². The van der Waals surface area contributed by atoms with Crippen LogP contribution in [-0.2, 0) is 14.3 Å². The van der Waals surface area contributed by atoms with Gasteiger partial charge in [-0.25, -0.2) is 4.79 Å². The lowest BCUT2D eigenvalue weighted by Crippen LogP contribution is -2.28. The molecule has 1 aromatic carbocycles. The molecule has 0 radical (unpaired) electrons. The van der Waals surface area contributed by atoms with E-state index in [1.807, 2.05) is 38.1 Å². The average molecular weight is 260 g/mol. The summed E-state index contributed by atoms with van der Waals surface area (Å²) in [5, 5.41) is 0.